The molecule has 6 heteroatoms. The zero-order valence-corrected chi connectivity index (χ0v) is 12.3. The van der Waals surface area contributed by atoms with Crippen molar-refractivity contribution in [1.82, 2.24) is 9.29 Å². The minimum Gasteiger partial charge on any atom is -0.256 e. The molecule has 0 amide bonds. The lowest BCUT2D eigenvalue weighted by molar-refractivity contribution is 0.466. The molecule has 2 aromatic rings. The number of pyridine rings is 1. The highest BCUT2D eigenvalue weighted by atomic mass is 32.2. The van der Waals surface area contributed by atoms with Crippen LogP contribution >= 0.6 is 0 Å². The van der Waals surface area contributed by atoms with Crippen molar-refractivity contribution >= 4 is 20.9 Å². The Morgan fingerprint density at radius 1 is 1.35 bits per heavy atom. The van der Waals surface area contributed by atoms with Gasteiger partial charge in [-0.25, -0.2) is 17.1 Å². The average molecular weight is 296 g/mol. The molecule has 0 saturated carbocycles. The Kier molecular flexibility index (Phi) is 4.35. The van der Waals surface area contributed by atoms with E-state index in [2.05, 4.69) is 4.98 Å². The third kappa shape index (κ3) is 3.13. The van der Waals surface area contributed by atoms with Crippen molar-refractivity contribution < 1.29 is 12.8 Å². The van der Waals surface area contributed by atoms with Gasteiger partial charge in [0.15, 0.2) is 0 Å². The molecule has 0 unspecified atom stereocenters. The van der Waals surface area contributed by atoms with Crippen LogP contribution in [0.2, 0.25) is 0 Å². The topological polar surface area (TPSA) is 50.3 Å². The number of sulfonamides is 1. The number of benzene rings is 1. The highest BCUT2D eigenvalue weighted by Crippen LogP contribution is 2.20. The number of nitrogens with zero attached hydrogens (tertiary/aromatic N) is 2. The van der Waals surface area contributed by atoms with Crippen LogP contribution < -0.4 is 0 Å². The van der Waals surface area contributed by atoms with Gasteiger partial charge in [-0.15, -0.1) is 0 Å². The first kappa shape index (κ1) is 14.9. The molecule has 0 bridgehead atoms. The molecular formula is C14H17FN2O2S. The Morgan fingerprint density at radius 3 is 2.80 bits per heavy atom. The lowest BCUT2D eigenvalue weighted by Crippen LogP contribution is -2.28. The Hall–Kier alpha value is -1.53. The summed E-state index contributed by atoms with van der Waals surface area (Å²) in [7, 11) is -1.80. The van der Waals surface area contributed by atoms with E-state index < -0.39 is 10.0 Å². The Morgan fingerprint density at radius 2 is 2.10 bits per heavy atom. The first-order valence-electron chi connectivity index (χ1n) is 6.41. The Bertz CT molecular complexity index is 716. The van der Waals surface area contributed by atoms with Crippen molar-refractivity contribution in [2.45, 2.75) is 19.9 Å². The number of hydrogen-bond donors (Lipinski definition) is 0. The molecule has 108 valence electrons. The van der Waals surface area contributed by atoms with Gasteiger partial charge < -0.3 is 0 Å². The number of fused-ring (bicyclic) bond motifs is 1. The highest BCUT2D eigenvalue weighted by Gasteiger charge is 2.18. The van der Waals surface area contributed by atoms with Gasteiger partial charge in [0.1, 0.15) is 5.82 Å². The summed E-state index contributed by atoms with van der Waals surface area (Å²) in [5.41, 5.74) is 1.20. The molecule has 1 aromatic heterocycles. The van der Waals surface area contributed by atoms with Gasteiger partial charge >= 0.3 is 0 Å². The molecular weight excluding hydrogens is 279 g/mol. The fraction of sp³-hybridized carbons (Fsp3) is 0.357. The van der Waals surface area contributed by atoms with Crippen LogP contribution in [0, 0.1) is 5.82 Å². The van der Waals surface area contributed by atoms with Crippen LogP contribution in [0.3, 0.4) is 0 Å². The normalized spacial score (nSPS) is 12.2. The summed E-state index contributed by atoms with van der Waals surface area (Å²) >= 11 is 0. The Labute approximate surface area is 118 Å². The molecule has 0 radical (unpaired) electrons. The maximum atomic E-state index is 13.6. The summed E-state index contributed by atoms with van der Waals surface area (Å²) in [6, 6.07) is 6.22. The second-order valence-corrected chi connectivity index (χ2v) is 6.91. The van der Waals surface area contributed by atoms with Crippen molar-refractivity contribution in [3.05, 3.63) is 41.8 Å². The van der Waals surface area contributed by atoms with E-state index in [9.17, 15) is 12.8 Å². The monoisotopic (exact) mass is 296 g/mol. The third-order valence-electron chi connectivity index (χ3n) is 3.08. The molecule has 0 atom stereocenters. The molecule has 4 nitrogen and oxygen atoms in total. The van der Waals surface area contributed by atoms with E-state index in [1.54, 1.807) is 18.3 Å². The van der Waals surface area contributed by atoms with Gasteiger partial charge in [-0.05, 0) is 30.2 Å². The van der Waals surface area contributed by atoms with Gasteiger partial charge in [0, 0.05) is 25.2 Å². The first-order valence-corrected chi connectivity index (χ1v) is 8.02. The largest absolute Gasteiger partial charge is 0.256 e. The standard InChI is InChI=1S/C14H17FN2O2S/c1-3-7-20(18,19)17(2)10-12-9-13(15)8-11-5-4-6-16-14(11)12/h4-6,8-9H,3,7,10H2,1-2H3. The van der Waals surface area contributed by atoms with Gasteiger partial charge in [-0.3, -0.25) is 4.98 Å². The minimum absolute atomic E-state index is 0.0875. The summed E-state index contributed by atoms with van der Waals surface area (Å²) in [4.78, 5) is 4.22. The van der Waals surface area contributed by atoms with E-state index >= 15 is 0 Å². The van der Waals surface area contributed by atoms with Crippen molar-refractivity contribution in [2.75, 3.05) is 12.8 Å². The van der Waals surface area contributed by atoms with Crippen molar-refractivity contribution in [3.8, 4) is 0 Å². The van der Waals surface area contributed by atoms with Gasteiger partial charge in [0.05, 0.1) is 11.3 Å². The maximum absolute atomic E-state index is 13.6. The van der Waals surface area contributed by atoms with E-state index in [0.29, 0.717) is 22.9 Å². The van der Waals surface area contributed by atoms with Gasteiger partial charge in [-0.1, -0.05) is 13.0 Å². The molecule has 0 spiro atoms. The van der Waals surface area contributed by atoms with Crippen molar-refractivity contribution in [2.24, 2.45) is 0 Å². The fourth-order valence-electron chi connectivity index (χ4n) is 2.10. The molecule has 1 aromatic carbocycles. The summed E-state index contributed by atoms with van der Waals surface area (Å²) in [5, 5.41) is 0.670. The van der Waals surface area contributed by atoms with E-state index in [0.717, 1.165) is 0 Å². The predicted molar refractivity (Wildman–Crippen MR) is 77.2 cm³/mol. The second-order valence-electron chi connectivity index (χ2n) is 4.71. The van der Waals surface area contributed by atoms with Gasteiger partial charge in [0.25, 0.3) is 0 Å². The number of rotatable bonds is 5. The second kappa shape index (κ2) is 5.85. The SMILES string of the molecule is CCCS(=O)(=O)N(C)Cc1cc(F)cc2cccnc12. The lowest BCUT2D eigenvalue weighted by atomic mass is 10.1. The molecule has 0 saturated heterocycles. The lowest BCUT2D eigenvalue weighted by Gasteiger charge is -2.17. The number of aromatic nitrogens is 1. The van der Waals surface area contributed by atoms with Crippen LogP contribution in [0.5, 0.6) is 0 Å². The minimum atomic E-state index is -3.31. The molecule has 0 aliphatic carbocycles. The zero-order valence-electron chi connectivity index (χ0n) is 11.5. The summed E-state index contributed by atoms with van der Waals surface area (Å²) < 4.78 is 38.8. The zero-order chi connectivity index (χ0) is 14.8. The molecule has 0 aliphatic rings. The van der Waals surface area contributed by atoms with Crippen LogP contribution in [0.15, 0.2) is 30.5 Å². The predicted octanol–water partition coefficient (Wildman–Crippen LogP) is 2.55. The smallest absolute Gasteiger partial charge is 0.214 e. The summed E-state index contributed by atoms with van der Waals surface area (Å²) in [6.07, 6.45) is 2.17. The maximum Gasteiger partial charge on any atom is 0.214 e. The quantitative estimate of drug-likeness (QED) is 0.852. The van der Waals surface area contributed by atoms with Crippen LogP contribution in [0.4, 0.5) is 4.39 Å². The van der Waals surface area contributed by atoms with Crippen molar-refractivity contribution in [3.63, 3.8) is 0 Å². The van der Waals surface area contributed by atoms with Gasteiger partial charge in [0.2, 0.25) is 10.0 Å². The molecule has 1 heterocycles. The molecule has 2 rings (SSSR count). The highest BCUT2D eigenvalue weighted by molar-refractivity contribution is 7.89. The Balaban J connectivity index is 2.39. The molecule has 0 aliphatic heterocycles. The third-order valence-corrected chi connectivity index (χ3v) is 5.08. The summed E-state index contributed by atoms with van der Waals surface area (Å²) in [6.45, 7) is 1.93. The number of hydrogen-bond acceptors (Lipinski definition) is 3. The van der Waals surface area contributed by atoms with E-state index in [1.807, 2.05) is 6.92 Å². The molecule has 0 fully saturated rings. The molecule has 20 heavy (non-hydrogen) atoms. The molecule has 0 N–H and O–H groups in total. The van der Waals surface area contributed by atoms with E-state index in [4.69, 9.17) is 0 Å². The van der Waals surface area contributed by atoms with Crippen LogP contribution in [0.1, 0.15) is 18.9 Å². The summed E-state index contributed by atoms with van der Waals surface area (Å²) in [5.74, 6) is -0.300. The van der Waals surface area contributed by atoms with Crippen LogP contribution in [-0.2, 0) is 16.6 Å². The number of halogens is 1. The van der Waals surface area contributed by atoms with E-state index in [1.165, 1.54) is 23.5 Å². The fourth-order valence-corrected chi connectivity index (χ4v) is 3.26. The van der Waals surface area contributed by atoms with E-state index in [-0.39, 0.29) is 18.1 Å². The average Bonchev–Trinajstić information content (AvgIpc) is 2.38. The van der Waals surface area contributed by atoms with Crippen LogP contribution in [0.25, 0.3) is 10.9 Å². The van der Waals surface area contributed by atoms with Gasteiger partial charge in [-0.2, -0.15) is 0 Å². The van der Waals surface area contributed by atoms with Crippen molar-refractivity contribution in [1.29, 1.82) is 0 Å². The first-order chi connectivity index (χ1) is 9.44. The van der Waals surface area contributed by atoms with Crippen LogP contribution in [-0.4, -0.2) is 30.5 Å².